The lowest BCUT2D eigenvalue weighted by atomic mass is 10.1. The Morgan fingerprint density at radius 3 is 2.13 bits per heavy atom. The number of oxazole rings is 1. The number of halogens is 1. The van der Waals surface area contributed by atoms with E-state index in [0.717, 1.165) is 21.5 Å². The van der Waals surface area contributed by atoms with E-state index in [4.69, 9.17) is 4.42 Å². The zero-order valence-electron chi connectivity index (χ0n) is 28.0. The number of hydrogen-bond donors (Lipinski definition) is 3. The molecule has 0 saturated carbocycles. The van der Waals surface area contributed by atoms with Crippen LogP contribution in [0.5, 0.6) is 0 Å². The van der Waals surface area contributed by atoms with Gasteiger partial charge in [0.25, 0.3) is 11.8 Å². The number of aromatic nitrogens is 1. The molecule has 8 nitrogen and oxygen atoms in total. The first kappa shape index (κ1) is 34.7. The quantitative estimate of drug-likeness (QED) is 0.0907. The minimum atomic E-state index is -0.641. The van der Waals surface area contributed by atoms with E-state index in [1.54, 1.807) is 60.7 Å². The van der Waals surface area contributed by atoms with Crippen LogP contribution in [0, 0.1) is 5.82 Å². The number of nitrogens with one attached hydrogen (secondary N) is 3. The van der Waals surface area contributed by atoms with Crippen molar-refractivity contribution < 1.29 is 23.2 Å². The molecular weight excluding hydrogens is 688 g/mol. The Balaban J connectivity index is 1.08. The summed E-state index contributed by atoms with van der Waals surface area (Å²) in [6.45, 7) is 0. The predicted molar refractivity (Wildman–Crippen MR) is 206 cm³/mol. The summed E-state index contributed by atoms with van der Waals surface area (Å²) in [5, 5.41) is 7.94. The molecule has 0 saturated heterocycles. The summed E-state index contributed by atoms with van der Waals surface area (Å²) in [5.41, 5.74) is 4.94. The maximum absolute atomic E-state index is 13.9. The summed E-state index contributed by atoms with van der Waals surface area (Å²) in [6.07, 6.45) is 1.48. The lowest BCUT2D eigenvalue weighted by Crippen LogP contribution is -2.30. The number of carbonyl (C=O) groups excluding carboxylic acids is 3. The average molecular weight is 719 g/mol. The number of carbonyl (C=O) groups is 3. The smallest absolute Gasteiger partial charge is 0.272 e. The average Bonchev–Trinajstić information content (AvgIpc) is 3.63. The van der Waals surface area contributed by atoms with Crippen molar-refractivity contribution in [1.82, 2.24) is 10.3 Å². The van der Waals surface area contributed by atoms with Crippen LogP contribution in [0.4, 0.5) is 15.8 Å². The van der Waals surface area contributed by atoms with E-state index in [2.05, 4.69) is 20.9 Å². The Morgan fingerprint density at radius 2 is 1.40 bits per heavy atom. The van der Waals surface area contributed by atoms with Gasteiger partial charge in [-0.15, -0.1) is 11.8 Å². The Bertz CT molecular complexity index is 2380. The molecule has 6 aromatic carbocycles. The lowest BCUT2D eigenvalue weighted by Gasteiger charge is -2.18. The van der Waals surface area contributed by atoms with Crippen molar-refractivity contribution in [3.63, 3.8) is 0 Å². The third kappa shape index (κ3) is 8.76. The number of fused-ring (bicyclic) bond motifs is 1. The topological polar surface area (TPSA) is 113 Å². The SMILES string of the molecule is O=C(Nc1cccc(SC(C(=O)Nc2ccc(-c3nc4ccccc4o3)cc2)c2ccccc2)c1)/C(=C/c1ccc(F)cc1)NC(=O)c1ccccc1. The molecule has 0 radical (unpaired) electrons. The highest BCUT2D eigenvalue weighted by atomic mass is 32.2. The van der Waals surface area contributed by atoms with Crippen LogP contribution in [-0.2, 0) is 9.59 Å². The second kappa shape index (κ2) is 16.1. The second-order valence-corrected chi connectivity index (χ2v) is 13.1. The maximum Gasteiger partial charge on any atom is 0.272 e. The first-order chi connectivity index (χ1) is 25.9. The zero-order chi connectivity index (χ0) is 36.6. The molecule has 0 aliphatic rings. The molecule has 0 aliphatic heterocycles. The highest BCUT2D eigenvalue weighted by molar-refractivity contribution is 8.00. The molecule has 7 aromatic rings. The van der Waals surface area contributed by atoms with Gasteiger partial charge in [0.05, 0.1) is 0 Å². The van der Waals surface area contributed by atoms with Gasteiger partial charge in [-0.2, -0.15) is 0 Å². The third-order valence-electron chi connectivity index (χ3n) is 8.09. The van der Waals surface area contributed by atoms with E-state index in [1.807, 2.05) is 72.8 Å². The van der Waals surface area contributed by atoms with Gasteiger partial charge in [0.15, 0.2) is 5.58 Å². The number of amides is 3. The van der Waals surface area contributed by atoms with Crippen molar-refractivity contribution in [3.05, 3.63) is 186 Å². The first-order valence-electron chi connectivity index (χ1n) is 16.6. The van der Waals surface area contributed by atoms with Gasteiger partial charge in [-0.25, -0.2) is 9.37 Å². The van der Waals surface area contributed by atoms with Crippen LogP contribution in [0.1, 0.15) is 26.7 Å². The van der Waals surface area contributed by atoms with Crippen LogP contribution in [-0.4, -0.2) is 22.7 Å². The second-order valence-electron chi connectivity index (χ2n) is 11.9. The summed E-state index contributed by atoms with van der Waals surface area (Å²) < 4.78 is 19.5. The fourth-order valence-electron chi connectivity index (χ4n) is 5.45. The van der Waals surface area contributed by atoms with Crippen molar-refractivity contribution in [2.24, 2.45) is 0 Å². The normalized spacial score (nSPS) is 11.8. The van der Waals surface area contributed by atoms with Crippen LogP contribution >= 0.6 is 11.8 Å². The fraction of sp³-hybridized carbons (Fsp3) is 0.0233. The summed E-state index contributed by atoms with van der Waals surface area (Å²) >= 11 is 1.32. The standard InChI is InChI=1S/C43H31FN4O4S/c44-32-22-18-28(19-23-32)26-37(47-40(49)30-12-5-2-6-13-30)41(50)46-34-14-9-15-35(27-34)53-39(29-10-3-1-4-11-29)42(51)45-33-24-20-31(21-25-33)43-48-36-16-7-8-17-38(36)52-43/h1-27,39H,(H,45,51)(H,46,50)(H,47,49)/b37-26-. The summed E-state index contributed by atoms with van der Waals surface area (Å²) in [5.74, 6) is -1.23. The van der Waals surface area contributed by atoms with Gasteiger partial charge in [-0.3, -0.25) is 14.4 Å². The van der Waals surface area contributed by atoms with Crippen molar-refractivity contribution in [2.45, 2.75) is 10.1 Å². The highest BCUT2D eigenvalue weighted by Crippen LogP contribution is 2.37. The molecule has 10 heteroatoms. The summed E-state index contributed by atoms with van der Waals surface area (Å²) in [6, 6.07) is 45.4. The molecule has 0 fully saturated rings. The first-order valence-corrected chi connectivity index (χ1v) is 17.5. The van der Waals surface area contributed by atoms with Crippen LogP contribution in [0.15, 0.2) is 173 Å². The number of benzene rings is 6. The molecule has 0 spiro atoms. The molecular formula is C43H31FN4O4S. The largest absolute Gasteiger partial charge is 0.436 e. The molecule has 7 rings (SSSR count). The minimum Gasteiger partial charge on any atom is -0.436 e. The molecule has 3 amide bonds. The van der Waals surface area contributed by atoms with Crippen LogP contribution in [0.25, 0.3) is 28.6 Å². The van der Waals surface area contributed by atoms with Gasteiger partial charge in [-0.05, 0) is 96.1 Å². The van der Waals surface area contributed by atoms with Gasteiger partial charge in [0.2, 0.25) is 11.8 Å². The van der Waals surface area contributed by atoms with E-state index in [0.29, 0.717) is 34.0 Å². The van der Waals surface area contributed by atoms with E-state index >= 15 is 0 Å². The number of para-hydroxylation sites is 2. The van der Waals surface area contributed by atoms with Gasteiger partial charge >= 0.3 is 0 Å². The van der Waals surface area contributed by atoms with Crippen LogP contribution in [0.3, 0.4) is 0 Å². The van der Waals surface area contributed by atoms with Crippen LogP contribution < -0.4 is 16.0 Å². The lowest BCUT2D eigenvalue weighted by molar-refractivity contribution is -0.116. The van der Waals surface area contributed by atoms with E-state index < -0.39 is 22.9 Å². The molecule has 0 bridgehead atoms. The number of anilines is 2. The number of hydrogen-bond acceptors (Lipinski definition) is 6. The Morgan fingerprint density at radius 1 is 0.698 bits per heavy atom. The third-order valence-corrected chi connectivity index (χ3v) is 9.34. The van der Waals surface area contributed by atoms with Gasteiger partial charge in [0.1, 0.15) is 22.3 Å². The van der Waals surface area contributed by atoms with Gasteiger partial charge < -0.3 is 20.4 Å². The number of rotatable bonds is 11. The monoisotopic (exact) mass is 718 g/mol. The zero-order valence-corrected chi connectivity index (χ0v) is 28.8. The van der Waals surface area contributed by atoms with E-state index in [9.17, 15) is 18.8 Å². The van der Waals surface area contributed by atoms with Crippen molar-refractivity contribution in [3.8, 4) is 11.5 Å². The molecule has 0 aliphatic carbocycles. The van der Waals surface area contributed by atoms with Crippen molar-refractivity contribution in [2.75, 3.05) is 10.6 Å². The fourth-order valence-corrected chi connectivity index (χ4v) is 6.53. The molecule has 53 heavy (non-hydrogen) atoms. The minimum absolute atomic E-state index is 0.0350. The number of nitrogens with zero attached hydrogens (tertiary/aromatic N) is 1. The maximum atomic E-state index is 13.9. The molecule has 1 heterocycles. The van der Waals surface area contributed by atoms with E-state index in [-0.39, 0.29) is 11.6 Å². The Kier molecular flexibility index (Phi) is 10.5. The molecule has 1 unspecified atom stereocenters. The summed E-state index contributed by atoms with van der Waals surface area (Å²) in [4.78, 5) is 45.8. The predicted octanol–water partition coefficient (Wildman–Crippen LogP) is 9.52. The molecule has 3 N–H and O–H groups in total. The van der Waals surface area contributed by atoms with Gasteiger partial charge in [-0.1, -0.05) is 78.9 Å². The Hall–Kier alpha value is -6.78. The van der Waals surface area contributed by atoms with Crippen molar-refractivity contribution >= 4 is 58.0 Å². The molecule has 1 aromatic heterocycles. The highest BCUT2D eigenvalue weighted by Gasteiger charge is 2.23. The summed E-state index contributed by atoms with van der Waals surface area (Å²) in [7, 11) is 0. The van der Waals surface area contributed by atoms with Crippen molar-refractivity contribution in [1.29, 1.82) is 0 Å². The molecule has 1 atom stereocenters. The Labute approximate surface area is 308 Å². The number of thioether (sulfide) groups is 1. The molecule has 260 valence electrons. The van der Waals surface area contributed by atoms with Gasteiger partial charge in [0, 0.05) is 27.4 Å². The van der Waals surface area contributed by atoms with E-state index in [1.165, 1.54) is 42.1 Å². The van der Waals surface area contributed by atoms with Crippen LogP contribution in [0.2, 0.25) is 0 Å².